The predicted octanol–water partition coefficient (Wildman–Crippen LogP) is 4.18. The van der Waals surface area contributed by atoms with Gasteiger partial charge in [-0.1, -0.05) is 24.8 Å². The van der Waals surface area contributed by atoms with Crippen LogP contribution >= 0.6 is 23.1 Å². The Hall–Kier alpha value is -1.86. The first kappa shape index (κ1) is 18.9. The Morgan fingerprint density at radius 3 is 3.00 bits per heavy atom. The molecule has 0 aromatic carbocycles. The van der Waals surface area contributed by atoms with Crippen molar-refractivity contribution < 1.29 is 14.3 Å². The number of carbonyl (C=O) groups is 2. The van der Waals surface area contributed by atoms with E-state index in [1.54, 1.807) is 13.1 Å². The highest BCUT2D eigenvalue weighted by Crippen LogP contribution is 2.40. The normalized spacial score (nSPS) is 16.0. The maximum absolute atomic E-state index is 12.5. The van der Waals surface area contributed by atoms with E-state index in [1.807, 2.05) is 18.2 Å². The second kappa shape index (κ2) is 8.68. The molecule has 0 aliphatic heterocycles. The molecular weight excluding hydrogens is 368 g/mol. The smallest absolute Gasteiger partial charge is 0.341 e. The van der Waals surface area contributed by atoms with Crippen LogP contribution in [0.2, 0.25) is 0 Å². The minimum atomic E-state index is -0.341. The van der Waals surface area contributed by atoms with Gasteiger partial charge in [-0.15, -0.1) is 11.3 Å². The van der Waals surface area contributed by atoms with Crippen LogP contribution in [0.5, 0.6) is 0 Å². The molecule has 7 heteroatoms. The minimum absolute atomic E-state index is 0.141. The number of rotatable bonds is 6. The third-order valence-corrected chi connectivity index (χ3v) is 6.35. The number of nitrogens with zero attached hydrogens (tertiary/aromatic N) is 1. The summed E-state index contributed by atoms with van der Waals surface area (Å²) in [6.45, 7) is 4.33. The molecule has 5 nitrogen and oxygen atoms in total. The van der Waals surface area contributed by atoms with Gasteiger partial charge in [-0.3, -0.25) is 4.79 Å². The Kier molecular flexibility index (Phi) is 6.32. The minimum Gasteiger partial charge on any atom is -0.462 e. The molecule has 0 saturated carbocycles. The number of esters is 1. The Balaban J connectivity index is 1.75. The van der Waals surface area contributed by atoms with Crippen LogP contribution in [0.15, 0.2) is 29.4 Å². The van der Waals surface area contributed by atoms with E-state index in [4.69, 9.17) is 4.74 Å². The van der Waals surface area contributed by atoms with Crippen LogP contribution in [0.3, 0.4) is 0 Å². The predicted molar refractivity (Wildman–Crippen MR) is 105 cm³/mol. The van der Waals surface area contributed by atoms with E-state index in [-0.39, 0.29) is 17.6 Å². The number of thioether (sulfide) groups is 1. The van der Waals surface area contributed by atoms with Crippen LogP contribution in [0.1, 0.15) is 41.1 Å². The van der Waals surface area contributed by atoms with Crippen LogP contribution in [0.4, 0.5) is 5.00 Å². The first-order chi connectivity index (χ1) is 12.6. The molecule has 1 N–H and O–H groups in total. The zero-order valence-corrected chi connectivity index (χ0v) is 16.5. The van der Waals surface area contributed by atoms with Crippen molar-refractivity contribution in [1.29, 1.82) is 0 Å². The van der Waals surface area contributed by atoms with E-state index in [0.717, 1.165) is 29.9 Å². The first-order valence-corrected chi connectivity index (χ1v) is 10.5. The number of amides is 1. The molecule has 0 unspecified atom stereocenters. The van der Waals surface area contributed by atoms with Crippen LogP contribution in [0.25, 0.3) is 0 Å². The second-order valence-electron chi connectivity index (χ2n) is 6.28. The fourth-order valence-corrected chi connectivity index (χ4v) is 5.07. The SMILES string of the molecule is CCOC(=O)c1c(NC(=O)CSc2ccccn2)sc2c1CC[C@@H](C)C2. The summed E-state index contributed by atoms with van der Waals surface area (Å²) >= 11 is 2.89. The van der Waals surface area contributed by atoms with E-state index < -0.39 is 0 Å². The van der Waals surface area contributed by atoms with Gasteiger partial charge in [0.1, 0.15) is 5.00 Å². The van der Waals surface area contributed by atoms with Crippen molar-refractivity contribution in [2.45, 2.75) is 38.1 Å². The van der Waals surface area contributed by atoms with Crippen molar-refractivity contribution >= 4 is 40.0 Å². The Labute approximate surface area is 161 Å². The summed E-state index contributed by atoms with van der Waals surface area (Å²) in [5.74, 6) is 0.364. The third kappa shape index (κ3) is 4.45. The van der Waals surface area contributed by atoms with Crippen molar-refractivity contribution in [2.75, 3.05) is 17.7 Å². The van der Waals surface area contributed by atoms with Gasteiger partial charge in [0, 0.05) is 11.1 Å². The topological polar surface area (TPSA) is 68.3 Å². The number of thiophene rings is 1. The molecule has 2 heterocycles. The fraction of sp³-hybridized carbons (Fsp3) is 0.421. The molecular formula is C19H22N2O3S2. The van der Waals surface area contributed by atoms with Gasteiger partial charge in [0.25, 0.3) is 0 Å². The van der Waals surface area contributed by atoms with Gasteiger partial charge in [-0.2, -0.15) is 0 Å². The molecule has 1 atom stereocenters. The molecule has 0 spiro atoms. The maximum atomic E-state index is 12.5. The molecule has 0 radical (unpaired) electrons. The molecule has 0 fully saturated rings. The van der Waals surface area contributed by atoms with Crippen molar-refractivity contribution in [3.63, 3.8) is 0 Å². The number of hydrogen-bond acceptors (Lipinski definition) is 6. The summed E-state index contributed by atoms with van der Waals surface area (Å²) in [5, 5.41) is 4.34. The Bertz CT molecular complexity index is 790. The van der Waals surface area contributed by atoms with Crippen molar-refractivity contribution in [2.24, 2.45) is 5.92 Å². The lowest BCUT2D eigenvalue weighted by atomic mass is 9.88. The van der Waals surface area contributed by atoms with Gasteiger partial charge in [-0.25, -0.2) is 9.78 Å². The second-order valence-corrected chi connectivity index (χ2v) is 8.38. The monoisotopic (exact) mass is 390 g/mol. The van der Waals surface area contributed by atoms with Crippen molar-refractivity contribution in [3.8, 4) is 0 Å². The summed E-state index contributed by atoms with van der Waals surface area (Å²) in [5.41, 5.74) is 1.61. The van der Waals surface area contributed by atoms with Gasteiger partial charge in [0.2, 0.25) is 5.91 Å². The van der Waals surface area contributed by atoms with Crippen LogP contribution < -0.4 is 5.32 Å². The van der Waals surface area contributed by atoms with Gasteiger partial charge >= 0.3 is 5.97 Å². The molecule has 1 amide bonds. The average molecular weight is 391 g/mol. The number of fused-ring (bicyclic) bond motifs is 1. The van der Waals surface area contributed by atoms with Crippen LogP contribution in [-0.2, 0) is 22.4 Å². The summed E-state index contributed by atoms with van der Waals surface area (Å²) in [6, 6.07) is 5.60. The molecule has 1 aliphatic carbocycles. The first-order valence-electron chi connectivity index (χ1n) is 8.73. The maximum Gasteiger partial charge on any atom is 0.341 e. The Morgan fingerprint density at radius 1 is 1.42 bits per heavy atom. The largest absolute Gasteiger partial charge is 0.462 e. The molecule has 1 aliphatic rings. The average Bonchev–Trinajstić information content (AvgIpc) is 2.98. The fourth-order valence-electron chi connectivity index (χ4n) is 2.99. The highest BCUT2D eigenvalue weighted by Gasteiger charge is 2.29. The number of pyridine rings is 1. The highest BCUT2D eigenvalue weighted by atomic mass is 32.2. The molecule has 138 valence electrons. The quantitative estimate of drug-likeness (QED) is 0.592. The lowest BCUT2D eigenvalue weighted by Gasteiger charge is -2.18. The van der Waals surface area contributed by atoms with E-state index in [1.165, 1.54) is 28.0 Å². The number of anilines is 1. The zero-order valence-electron chi connectivity index (χ0n) is 14.9. The van der Waals surface area contributed by atoms with Gasteiger partial charge in [0.05, 0.1) is 22.9 Å². The number of ether oxygens (including phenoxy) is 1. The highest BCUT2D eigenvalue weighted by molar-refractivity contribution is 7.99. The van der Waals surface area contributed by atoms with Crippen molar-refractivity contribution in [1.82, 2.24) is 4.98 Å². The summed E-state index contributed by atoms with van der Waals surface area (Å²) in [4.78, 5) is 30.2. The summed E-state index contributed by atoms with van der Waals surface area (Å²) in [6.07, 6.45) is 4.57. The summed E-state index contributed by atoms with van der Waals surface area (Å²) < 4.78 is 5.23. The van der Waals surface area contributed by atoms with Crippen molar-refractivity contribution in [3.05, 3.63) is 40.4 Å². The molecule has 3 rings (SSSR count). The van der Waals surface area contributed by atoms with Gasteiger partial charge in [0.15, 0.2) is 0 Å². The molecule has 0 bridgehead atoms. The van der Waals surface area contributed by atoms with E-state index in [0.29, 0.717) is 23.1 Å². The van der Waals surface area contributed by atoms with Crippen LogP contribution in [-0.4, -0.2) is 29.2 Å². The van der Waals surface area contributed by atoms with E-state index in [2.05, 4.69) is 17.2 Å². The van der Waals surface area contributed by atoms with E-state index in [9.17, 15) is 9.59 Å². The lowest BCUT2D eigenvalue weighted by Crippen LogP contribution is -2.17. The van der Waals surface area contributed by atoms with Gasteiger partial charge < -0.3 is 10.1 Å². The molecule has 2 aromatic heterocycles. The molecule has 26 heavy (non-hydrogen) atoms. The van der Waals surface area contributed by atoms with Crippen LogP contribution in [0, 0.1) is 5.92 Å². The zero-order chi connectivity index (χ0) is 18.5. The summed E-state index contributed by atoms with van der Waals surface area (Å²) in [7, 11) is 0. The number of carbonyl (C=O) groups excluding carboxylic acids is 2. The van der Waals surface area contributed by atoms with Gasteiger partial charge in [-0.05, 0) is 49.8 Å². The molecule has 0 saturated heterocycles. The third-order valence-electron chi connectivity index (χ3n) is 4.23. The Morgan fingerprint density at radius 2 is 2.27 bits per heavy atom. The lowest BCUT2D eigenvalue weighted by molar-refractivity contribution is -0.113. The van der Waals surface area contributed by atoms with E-state index >= 15 is 0 Å². The number of hydrogen-bond donors (Lipinski definition) is 1. The number of nitrogens with one attached hydrogen (secondary N) is 1. The standard InChI is InChI=1S/C19H22N2O3S2/c1-3-24-19(23)17-13-8-7-12(2)10-14(13)26-18(17)21-15(22)11-25-16-6-4-5-9-20-16/h4-6,9,12H,3,7-8,10-11H2,1-2H3,(H,21,22)/t12-/m1/s1. The molecule has 2 aromatic rings. The number of aromatic nitrogens is 1.